The third-order valence-electron chi connectivity index (χ3n) is 3.03. The molecule has 6 heteroatoms. The summed E-state index contributed by atoms with van der Waals surface area (Å²) in [5, 5.41) is 11.8. The van der Waals surface area contributed by atoms with E-state index in [2.05, 4.69) is 19.2 Å². The van der Waals surface area contributed by atoms with Gasteiger partial charge in [0.25, 0.3) is 5.91 Å². The van der Waals surface area contributed by atoms with Crippen LogP contribution in [0, 0.1) is 17.2 Å². The number of ether oxygens (including phenoxy) is 3. The second-order valence-corrected chi connectivity index (χ2v) is 5.53. The van der Waals surface area contributed by atoms with Crippen molar-refractivity contribution >= 4 is 12.0 Å². The van der Waals surface area contributed by atoms with E-state index in [1.54, 1.807) is 32.4 Å². The molecule has 1 aromatic rings. The lowest BCUT2D eigenvalue weighted by Crippen LogP contribution is -2.27. The van der Waals surface area contributed by atoms with Gasteiger partial charge in [0.05, 0.1) is 20.3 Å². The predicted octanol–water partition coefficient (Wildman–Crippen LogP) is 2.40. The Morgan fingerprint density at radius 1 is 1.33 bits per heavy atom. The van der Waals surface area contributed by atoms with Crippen molar-refractivity contribution in [3.8, 4) is 17.6 Å². The first kappa shape index (κ1) is 19.5. The summed E-state index contributed by atoms with van der Waals surface area (Å²) in [6, 6.07) is 7.18. The molecule has 0 bridgehead atoms. The van der Waals surface area contributed by atoms with Crippen LogP contribution in [0.5, 0.6) is 11.5 Å². The van der Waals surface area contributed by atoms with Crippen LogP contribution in [0.3, 0.4) is 0 Å². The number of nitrogens with zero attached hydrogens (tertiary/aromatic N) is 1. The van der Waals surface area contributed by atoms with Gasteiger partial charge in [0.2, 0.25) is 0 Å². The summed E-state index contributed by atoms with van der Waals surface area (Å²) in [5.74, 6) is 1.15. The molecule has 0 fully saturated rings. The Labute approximate surface area is 143 Å². The fraction of sp³-hybridized carbons (Fsp3) is 0.444. The molecule has 0 aliphatic heterocycles. The van der Waals surface area contributed by atoms with Crippen LogP contribution in [0.4, 0.5) is 0 Å². The third kappa shape index (κ3) is 6.31. The first-order valence-electron chi connectivity index (χ1n) is 7.71. The van der Waals surface area contributed by atoms with Crippen LogP contribution in [0.15, 0.2) is 23.8 Å². The maximum absolute atomic E-state index is 11.9. The first-order valence-corrected chi connectivity index (χ1v) is 7.71. The number of carbonyl (C=O) groups is 1. The molecule has 24 heavy (non-hydrogen) atoms. The minimum atomic E-state index is -0.436. The summed E-state index contributed by atoms with van der Waals surface area (Å²) in [6.07, 6.45) is 1.51. The van der Waals surface area contributed by atoms with Gasteiger partial charge in [-0.25, -0.2) is 0 Å². The van der Waals surface area contributed by atoms with Gasteiger partial charge in [0.15, 0.2) is 11.5 Å². The molecule has 0 aromatic heterocycles. The van der Waals surface area contributed by atoms with Crippen LogP contribution in [0.1, 0.15) is 19.4 Å². The zero-order valence-corrected chi connectivity index (χ0v) is 14.6. The molecule has 0 saturated carbocycles. The van der Waals surface area contributed by atoms with Crippen LogP contribution in [-0.4, -0.2) is 39.9 Å². The Bertz CT molecular complexity index is 618. The van der Waals surface area contributed by atoms with Crippen molar-refractivity contribution in [2.24, 2.45) is 5.92 Å². The highest BCUT2D eigenvalue weighted by molar-refractivity contribution is 6.01. The first-order chi connectivity index (χ1) is 11.5. The normalized spacial score (nSPS) is 11.1. The number of amides is 1. The number of nitrogens with one attached hydrogen (secondary N) is 1. The van der Waals surface area contributed by atoms with Crippen molar-refractivity contribution in [3.05, 3.63) is 29.3 Å². The number of nitriles is 1. The van der Waals surface area contributed by atoms with E-state index in [0.29, 0.717) is 42.7 Å². The van der Waals surface area contributed by atoms with Gasteiger partial charge in [-0.3, -0.25) is 4.79 Å². The fourth-order valence-corrected chi connectivity index (χ4v) is 1.83. The van der Waals surface area contributed by atoms with Crippen LogP contribution in [-0.2, 0) is 9.53 Å². The average Bonchev–Trinajstić information content (AvgIpc) is 2.58. The summed E-state index contributed by atoms with van der Waals surface area (Å²) in [6.45, 7) is 5.44. The van der Waals surface area contributed by atoms with Crippen molar-refractivity contribution < 1.29 is 19.0 Å². The molecule has 0 unspecified atom stereocenters. The largest absolute Gasteiger partial charge is 0.493 e. The Kier molecular flexibility index (Phi) is 8.37. The van der Waals surface area contributed by atoms with Crippen molar-refractivity contribution in [1.29, 1.82) is 5.26 Å². The van der Waals surface area contributed by atoms with Crippen molar-refractivity contribution in [3.63, 3.8) is 0 Å². The molecule has 0 heterocycles. The molecule has 1 amide bonds. The zero-order valence-electron chi connectivity index (χ0n) is 14.6. The van der Waals surface area contributed by atoms with Gasteiger partial charge in [0, 0.05) is 13.7 Å². The smallest absolute Gasteiger partial charge is 0.262 e. The summed E-state index contributed by atoms with van der Waals surface area (Å²) >= 11 is 0. The van der Waals surface area contributed by atoms with E-state index in [9.17, 15) is 10.1 Å². The molecular formula is C18H24N2O4. The lowest BCUT2D eigenvalue weighted by molar-refractivity contribution is -0.117. The Morgan fingerprint density at radius 3 is 2.67 bits per heavy atom. The molecule has 0 saturated heterocycles. The summed E-state index contributed by atoms with van der Waals surface area (Å²) in [4.78, 5) is 11.9. The minimum Gasteiger partial charge on any atom is -0.493 e. The number of carbonyl (C=O) groups excluding carboxylic acids is 1. The Balaban J connectivity index is 2.91. The van der Waals surface area contributed by atoms with E-state index in [0.717, 1.165) is 0 Å². The molecule has 6 nitrogen and oxygen atoms in total. The molecule has 0 aliphatic rings. The van der Waals surface area contributed by atoms with Crippen molar-refractivity contribution in [1.82, 2.24) is 5.32 Å². The fourth-order valence-electron chi connectivity index (χ4n) is 1.83. The third-order valence-corrected chi connectivity index (χ3v) is 3.03. The standard InChI is InChI=1S/C18H24N2O4/c1-13(2)12-24-16-6-5-14(10-17(16)23-4)9-15(11-19)18(21)20-7-8-22-3/h5-6,9-10,13H,7-8,12H2,1-4H3,(H,20,21)/b15-9-. The molecule has 0 atom stereocenters. The van der Waals surface area contributed by atoms with E-state index >= 15 is 0 Å². The topological polar surface area (TPSA) is 80.6 Å². The summed E-state index contributed by atoms with van der Waals surface area (Å²) < 4.78 is 15.9. The van der Waals surface area contributed by atoms with Crippen molar-refractivity contribution in [2.75, 3.05) is 34.0 Å². The lowest BCUT2D eigenvalue weighted by atomic mass is 10.1. The monoisotopic (exact) mass is 332 g/mol. The number of benzene rings is 1. The zero-order chi connectivity index (χ0) is 17.9. The van der Waals surface area contributed by atoms with Gasteiger partial charge < -0.3 is 19.5 Å². The van der Waals surface area contributed by atoms with E-state index in [4.69, 9.17) is 14.2 Å². The quantitative estimate of drug-likeness (QED) is 0.427. The minimum absolute atomic E-state index is 0.0176. The van der Waals surface area contributed by atoms with E-state index in [1.165, 1.54) is 6.08 Å². The average molecular weight is 332 g/mol. The number of hydrogen-bond donors (Lipinski definition) is 1. The molecular weight excluding hydrogens is 308 g/mol. The number of hydrogen-bond acceptors (Lipinski definition) is 5. The predicted molar refractivity (Wildman–Crippen MR) is 91.8 cm³/mol. The van der Waals surface area contributed by atoms with Crippen LogP contribution >= 0.6 is 0 Å². The maximum Gasteiger partial charge on any atom is 0.262 e. The summed E-state index contributed by atoms with van der Waals surface area (Å²) in [7, 11) is 3.09. The highest BCUT2D eigenvalue weighted by Gasteiger charge is 2.10. The Morgan fingerprint density at radius 2 is 2.08 bits per heavy atom. The number of methoxy groups -OCH3 is 2. The highest BCUT2D eigenvalue weighted by atomic mass is 16.5. The van der Waals surface area contributed by atoms with E-state index in [1.807, 2.05) is 6.07 Å². The van der Waals surface area contributed by atoms with Crippen LogP contribution in [0.2, 0.25) is 0 Å². The molecule has 1 N–H and O–H groups in total. The van der Waals surface area contributed by atoms with Gasteiger partial charge in [0.1, 0.15) is 11.6 Å². The molecule has 0 spiro atoms. The molecule has 0 aliphatic carbocycles. The second kappa shape index (κ2) is 10.3. The van der Waals surface area contributed by atoms with Gasteiger partial charge in [-0.1, -0.05) is 19.9 Å². The summed E-state index contributed by atoms with van der Waals surface area (Å²) in [5.41, 5.74) is 0.700. The van der Waals surface area contributed by atoms with Gasteiger partial charge in [-0.05, 0) is 29.7 Å². The van der Waals surface area contributed by atoms with Crippen LogP contribution in [0.25, 0.3) is 6.08 Å². The van der Waals surface area contributed by atoms with E-state index in [-0.39, 0.29) is 5.57 Å². The second-order valence-electron chi connectivity index (χ2n) is 5.53. The molecule has 130 valence electrons. The van der Waals surface area contributed by atoms with Crippen molar-refractivity contribution in [2.45, 2.75) is 13.8 Å². The molecule has 1 rings (SSSR count). The van der Waals surface area contributed by atoms with Gasteiger partial charge in [-0.15, -0.1) is 0 Å². The molecule has 0 radical (unpaired) electrons. The molecule has 1 aromatic carbocycles. The van der Waals surface area contributed by atoms with E-state index < -0.39 is 5.91 Å². The maximum atomic E-state index is 11.9. The highest BCUT2D eigenvalue weighted by Crippen LogP contribution is 2.29. The van der Waals surface area contributed by atoms with Gasteiger partial charge in [-0.2, -0.15) is 5.26 Å². The van der Waals surface area contributed by atoms with Crippen LogP contribution < -0.4 is 14.8 Å². The van der Waals surface area contributed by atoms with Gasteiger partial charge >= 0.3 is 0 Å². The number of rotatable bonds is 9. The Hall–Kier alpha value is -2.52. The lowest BCUT2D eigenvalue weighted by Gasteiger charge is -2.13. The SMILES string of the molecule is COCCNC(=O)/C(C#N)=C\c1ccc(OCC(C)C)c(OC)c1.